The molecule has 10 amide bonds. The third-order valence-electron chi connectivity index (χ3n) is 18.2. The molecule has 2 fully saturated rings. The van der Waals surface area contributed by atoms with Crippen LogP contribution in [0.2, 0.25) is 0 Å². The summed E-state index contributed by atoms with van der Waals surface area (Å²) in [6, 6.07) is -6.92. The molecule has 2 aliphatic rings. The molecular formula is C72H122N12O15. The number of nitrogens with one attached hydrogen (secondary N) is 4. The first kappa shape index (κ1) is 86.0. The summed E-state index contributed by atoms with van der Waals surface area (Å²) in [7, 11) is 8.12. The van der Waals surface area contributed by atoms with Crippen LogP contribution in [0.3, 0.4) is 0 Å². The van der Waals surface area contributed by atoms with E-state index in [1.54, 1.807) is 46.8 Å². The number of morpholine rings is 1. The van der Waals surface area contributed by atoms with Gasteiger partial charge < -0.3 is 75.3 Å². The highest BCUT2D eigenvalue weighted by Crippen LogP contribution is 2.26. The van der Waals surface area contributed by atoms with Crippen molar-refractivity contribution in [3.8, 4) is 0 Å². The Balaban J connectivity index is 2.34. The molecule has 99 heavy (non-hydrogen) atoms. The van der Waals surface area contributed by atoms with E-state index in [4.69, 9.17) is 14.5 Å². The van der Waals surface area contributed by atoms with Gasteiger partial charge >= 0.3 is 5.97 Å². The van der Waals surface area contributed by atoms with Crippen molar-refractivity contribution in [3.63, 3.8) is 0 Å². The number of amides is 10. The van der Waals surface area contributed by atoms with Gasteiger partial charge in [-0.1, -0.05) is 116 Å². The van der Waals surface area contributed by atoms with E-state index in [0.29, 0.717) is 32.0 Å². The summed E-state index contributed by atoms with van der Waals surface area (Å²) in [5.41, 5.74) is 0.615. The fourth-order valence-electron chi connectivity index (χ4n) is 12.4. The zero-order valence-electron chi connectivity index (χ0n) is 63.5. The number of anilines is 1. The number of carbonyl (C=O) groups excluding carboxylic acids is 11. The predicted molar refractivity (Wildman–Crippen MR) is 378 cm³/mol. The Morgan fingerprint density at radius 1 is 0.525 bits per heavy atom. The lowest BCUT2D eigenvalue weighted by atomic mass is 9.91. The largest absolute Gasteiger partial charge is 0.450 e. The number of hydrogen-bond donors (Lipinski definition) is 6. The summed E-state index contributed by atoms with van der Waals surface area (Å²) in [4.78, 5) is 176. The topological polar surface area (TPSA) is 330 Å². The van der Waals surface area contributed by atoms with E-state index in [9.17, 15) is 48.6 Å². The van der Waals surface area contributed by atoms with Crippen LogP contribution >= 0.6 is 0 Å². The van der Waals surface area contributed by atoms with Gasteiger partial charge in [-0.25, -0.2) is 9.78 Å². The van der Waals surface area contributed by atoms with E-state index in [1.807, 2.05) is 87.4 Å². The highest BCUT2D eigenvalue weighted by molar-refractivity contribution is 5.99. The lowest BCUT2D eigenvalue weighted by molar-refractivity contribution is -0.166. The molecular weight excluding hydrogens is 1270 g/mol. The van der Waals surface area contributed by atoms with Crippen LogP contribution < -0.4 is 26.2 Å². The van der Waals surface area contributed by atoms with Crippen LogP contribution in [0.4, 0.5) is 5.82 Å². The van der Waals surface area contributed by atoms with Gasteiger partial charge in [-0.3, -0.25) is 47.9 Å². The average Bonchev–Trinajstić information content (AvgIpc) is 0.810. The fourth-order valence-corrected chi connectivity index (χ4v) is 12.4. The second-order valence-electron chi connectivity index (χ2n) is 30.1. The molecule has 0 unspecified atom stereocenters. The second kappa shape index (κ2) is 39.7. The van der Waals surface area contributed by atoms with Crippen molar-refractivity contribution < 1.29 is 72.4 Å². The molecule has 560 valence electrons. The highest BCUT2D eigenvalue weighted by Gasteiger charge is 2.46. The van der Waals surface area contributed by atoms with E-state index in [-0.39, 0.29) is 68.1 Å². The molecule has 27 heteroatoms. The predicted octanol–water partition coefficient (Wildman–Crippen LogP) is 3.72. The first-order chi connectivity index (χ1) is 46.0. The van der Waals surface area contributed by atoms with Gasteiger partial charge in [0, 0.05) is 55.4 Å². The molecule has 3 rings (SSSR count). The molecule has 3 heterocycles. The van der Waals surface area contributed by atoms with Crippen molar-refractivity contribution in [2.75, 3.05) is 80.0 Å². The number of esters is 1. The van der Waals surface area contributed by atoms with Crippen molar-refractivity contribution >= 4 is 76.9 Å². The molecule has 0 bridgehead atoms. The minimum absolute atomic E-state index is 0.0621. The minimum atomic E-state index is -1.81. The van der Waals surface area contributed by atoms with Crippen molar-refractivity contribution in [3.05, 3.63) is 30.0 Å². The summed E-state index contributed by atoms with van der Waals surface area (Å²) in [5.74, 6) is -11.2. The lowest BCUT2D eigenvalue weighted by Gasteiger charge is -2.40. The Hall–Kier alpha value is -7.26. The number of cyclic esters (lactones) is 1. The van der Waals surface area contributed by atoms with Crippen molar-refractivity contribution in [1.29, 1.82) is 0 Å². The van der Waals surface area contributed by atoms with Crippen LogP contribution in [0.15, 0.2) is 24.3 Å². The lowest BCUT2D eigenvalue weighted by Crippen LogP contribution is -2.64. The summed E-state index contributed by atoms with van der Waals surface area (Å²) in [6.07, 6.45) is -0.668. The maximum atomic E-state index is 15.4. The molecule has 27 nitrogen and oxygen atoms in total. The highest BCUT2D eigenvalue weighted by atomic mass is 16.6. The molecule has 6 N–H and O–H groups in total. The molecule has 1 aromatic rings. The number of likely N-dealkylation sites (N-methyl/N-ethyl adjacent to an activating group) is 6. The summed E-state index contributed by atoms with van der Waals surface area (Å²) in [5, 5.41) is 35.0. The SMILES string of the molecule is CC(C)C[C@@H]1C(=O)N[C@H](CC(C)C)C(=O)N(C)[C@H](C(C)C)C(=O)N(C)[C@H]([C@H](O)[C@H](C)C/C=C/c2cccc(N3CCOCC3)n2)C(=O)N[C@H]([C@@H](C)O)C(=O)N(C)CC(=O)N(C)[C@@H](CC(C)C)C(=O)N[C@H](CC(C)C)C(=O)N(C)[C@H](CC(C)C)C(=O)N[C@H](C)C(=O)O[C@@H](C(C)C)C(=O)N1C. The Morgan fingerprint density at radius 3 is 1.44 bits per heavy atom. The third-order valence-corrected chi connectivity index (χ3v) is 18.2. The summed E-state index contributed by atoms with van der Waals surface area (Å²) in [6.45, 7) is 31.1. The molecule has 0 spiro atoms. The average molecular weight is 1400 g/mol. The Labute approximate surface area is 589 Å². The van der Waals surface area contributed by atoms with Crippen molar-refractivity contribution in [2.45, 2.75) is 229 Å². The van der Waals surface area contributed by atoms with E-state index >= 15 is 14.4 Å². The maximum Gasteiger partial charge on any atom is 0.329 e. The van der Waals surface area contributed by atoms with Gasteiger partial charge in [0.2, 0.25) is 53.2 Å². The van der Waals surface area contributed by atoms with Gasteiger partial charge in [-0.05, 0) is 118 Å². The van der Waals surface area contributed by atoms with Gasteiger partial charge in [0.1, 0.15) is 60.2 Å². The summed E-state index contributed by atoms with van der Waals surface area (Å²) < 4.78 is 11.4. The molecule has 2 aliphatic heterocycles. The molecule has 2 saturated heterocycles. The Kier molecular flexibility index (Phi) is 34.4. The van der Waals surface area contributed by atoms with Gasteiger partial charge in [-0.2, -0.15) is 0 Å². The molecule has 13 atom stereocenters. The normalized spacial score (nSPS) is 26.0. The number of hydrogen-bond acceptors (Lipinski definition) is 17. The molecule has 0 aliphatic carbocycles. The zero-order chi connectivity index (χ0) is 75.4. The van der Waals surface area contributed by atoms with Gasteiger partial charge in [0.15, 0.2) is 6.10 Å². The van der Waals surface area contributed by atoms with Gasteiger partial charge in [0.05, 0.1) is 37.7 Å². The van der Waals surface area contributed by atoms with Crippen LogP contribution in [-0.2, 0) is 62.2 Å². The van der Waals surface area contributed by atoms with Crippen LogP contribution in [0.5, 0.6) is 0 Å². The van der Waals surface area contributed by atoms with Gasteiger partial charge in [0.25, 0.3) is 5.91 Å². The second-order valence-corrected chi connectivity index (χ2v) is 30.1. The third kappa shape index (κ3) is 25.1. The van der Waals surface area contributed by atoms with E-state index in [2.05, 4.69) is 26.2 Å². The summed E-state index contributed by atoms with van der Waals surface area (Å²) >= 11 is 0. The number of nitrogens with zero attached hydrogens (tertiary/aromatic N) is 8. The van der Waals surface area contributed by atoms with Gasteiger partial charge in [-0.15, -0.1) is 0 Å². The van der Waals surface area contributed by atoms with Crippen LogP contribution in [0.25, 0.3) is 6.08 Å². The molecule has 0 radical (unpaired) electrons. The zero-order valence-corrected chi connectivity index (χ0v) is 63.5. The number of aliphatic hydroxyl groups excluding tert-OH is 2. The monoisotopic (exact) mass is 1390 g/mol. The quantitative estimate of drug-likeness (QED) is 0.108. The van der Waals surface area contributed by atoms with Crippen LogP contribution in [-0.4, -0.2) is 257 Å². The smallest absolute Gasteiger partial charge is 0.329 e. The Morgan fingerprint density at radius 2 is 0.980 bits per heavy atom. The van der Waals surface area contributed by atoms with Crippen molar-refractivity contribution in [1.82, 2.24) is 55.7 Å². The number of allylic oxidation sites excluding steroid dienone is 1. The molecule has 0 aromatic carbocycles. The number of aromatic nitrogens is 1. The number of carbonyl (C=O) groups is 11. The molecule has 1 aromatic heterocycles. The number of rotatable bonds is 19. The van der Waals surface area contributed by atoms with Crippen LogP contribution in [0, 0.1) is 47.3 Å². The minimum Gasteiger partial charge on any atom is -0.450 e. The first-order valence-electron chi connectivity index (χ1n) is 35.4. The fraction of sp³-hybridized carbons (Fsp3) is 0.750. The standard InChI is InChI=1S/C72H122N12O15/c1-40(2)34-51-67(92)80(20)54(37-43(7)8)63(88)73-48(16)72(97)99-62(46(13)14)71(96)81(21)55(38-44(9)10)65(90)76-52(35-41(3)4)68(93)82(22)59(45(11)12)70(95)83(23)60(61(87)47(15)26-24-27-50-28-25-29-56(74-50)84-30-32-98-33-31-84)66(91)77-58(49(17)85)69(94)78(18)39-57(86)79(19)53(36-42(5)6)64(89)75-51/h24-25,27-29,40-49,51-55,58-62,85,87H,26,30-39H2,1-23H3,(H,73,88)(H,75,89)(H,76,90)(H,77,91)/b27-24+/t47-,48-,49-,51-,52-,53+,54-,55-,58-,59-,60-,61-,62+/m1/s1. The van der Waals surface area contributed by atoms with E-state index < -0.39 is 162 Å². The number of ether oxygens (including phenoxy) is 2. The molecule has 0 saturated carbocycles. The first-order valence-corrected chi connectivity index (χ1v) is 35.4. The Bertz CT molecular complexity index is 2910. The van der Waals surface area contributed by atoms with Crippen molar-refractivity contribution in [2.24, 2.45) is 47.3 Å². The van der Waals surface area contributed by atoms with E-state index in [0.717, 1.165) is 20.5 Å². The van der Waals surface area contributed by atoms with E-state index in [1.165, 1.54) is 70.8 Å². The number of pyridine rings is 1. The number of aliphatic hydroxyl groups is 2. The maximum absolute atomic E-state index is 15.4. The van der Waals surface area contributed by atoms with Crippen LogP contribution in [0.1, 0.15) is 162 Å².